The molecule has 7 heteroatoms. The Labute approximate surface area is 112 Å². The van der Waals surface area contributed by atoms with Crippen molar-refractivity contribution in [3.63, 3.8) is 0 Å². The van der Waals surface area contributed by atoms with Crippen LogP contribution in [0.25, 0.3) is 0 Å². The van der Waals surface area contributed by atoms with E-state index in [0.29, 0.717) is 12.5 Å². The summed E-state index contributed by atoms with van der Waals surface area (Å²) >= 11 is 0. The summed E-state index contributed by atoms with van der Waals surface area (Å²) in [5, 5.41) is 7.91. The third-order valence-electron chi connectivity index (χ3n) is 3.76. The van der Waals surface area contributed by atoms with E-state index in [4.69, 9.17) is 14.2 Å². The second kappa shape index (κ2) is 5.44. The van der Waals surface area contributed by atoms with Crippen LogP contribution in [0.2, 0.25) is 0 Å². The lowest BCUT2D eigenvalue weighted by Crippen LogP contribution is -2.34. The van der Waals surface area contributed by atoms with Gasteiger partial charge in [-0.2, -0.15) is 10.1 Å². The third-order valence-corrected chi connectivity index (χ3v) is 3.76. The molecule has 19 heavy (non-hydrogen) atoms. The van der Waals surface area contributed by atoms with E-state index in [1.165, 1.54) is 0 Å². The molecule has 0 amide bonds. The van der Waals surface area contributed by atoms with Gasteiger partial charge in [0.2, 0.25) is 5.95 Å². The molecule has 0 aromatic carbocycles. The number of nitrogens with zero attached hydrogens (tertiary/aromatic N) is 3. The summed E-state index contributed by atoms with van der Waals surface area (Å²) < 4.78 is 18.0. The minimum Gasteiger partial charge on any atom is -0.381 e. The highest BCUT2D eigenvalue weighted by molar-refractivity contribution is 5.29. The predicted molar refractivity (Wildman–Crippen MR) is 68.1 cm³/mol. The summed E-state index contributed by atoms with van der Waals surface area (Å²) in [5.74, 6) is 1.97. The van der Waals surface area contributed by atoms with Gasteiger partial charge in [-0.25, -0.2) is 4.68 Å². The van der Waals surface area contributed by atoms with E-state index in [-0.39, 0.29) is 12.3 Å². The lowest BCUT2D eigenvalue weighted by Gasteiger charge is -2.29. The first-order valence-corrected chi connectivity index (χ1v) is 6.67. The second-order valence-electron chi connectivity index (χ2n) is 4.92. The third kappa shape index (κ3) is 2.33. The van der Waals surface area contributed by atoms with Gasteiger partial charge in [-0.05, 0) is 12.8 Å². The first-order valence-electron chi connectivity index (χ1n) is 6.67. The molecule has 0 spiro atoms. The van der Waals surface area contributed by atoms with Crippen molar-refractivity contribution in [1.82, 2.24) is 14.8 Å². The molecule has 106 valence electrons. The average molecular weight is 268 g/mol. The van der Waals surface area contributed by atoms with E-state index >= 15 is 0 Å². The van der Waals surface area contributed by atoms with Crippen molar-refractivity contribution in [1.29, 1.82) is 0 Å². The minimum absolute atomic E-state index is 0.0646. The fourth-order valence-electron chi connectivity index (χ4n) is 2.72. The van der Waals surface area contributed by atoms with Gasteiger partial charge >= 0.3 is 0 Å². The lowest BCUT2D eigenvalue weighted by molar-refractivity contribution is -0.135. The van der Waals surface area contributed by atoms with Crippen molar-refractivity contribution in [3.05, 3.63) is 5.82 Å². The molecule has 3 heterocycles. The molecule has 3 rings (SSSR count). The Balaban J connectivity index is 1.86. The van der Waals surface area contributed by atoms with Crippen LogP contribution in [0.1, 0.15) is 30.6 Å². The smallest absolute Gasteiger partial charge is 0.221 e. The zero-order chi connectivity index (χ0) is 13.2. The monoisotopic (exact) mass is 268 g/mol. The number of nitrogens with one attached hydrogen (secondary N) is 1. The van der Waals surface area contributed by atoms with Gasteiger partial charge in [-0.3, -0.25) is 0 Å². The maximum Gasteiger partial charge on any atom is 0.221 e. The first-order chi connectivity index (χ1) is 9.33. The van der Waals surface area contributed by atoms with Crippen LogP contribution in [-0.2, 0) is 14.2 Å². The van der Waals surface area contributed by atoms with Crippen LogP contribution < -0.4 is 5.32 Å². The van der Waals surface area contributed by atoms with Crippen molar-refractivity contribution in [2.45, 2.75) is 31.1 Å². The summed E-state index contributed by atoms with van der Waals surface area (Å²) in [6, 6.07) is 0.0646. The molecular formula is C12H20N4O3. The van der Waals surface area contributed by atoms with Crippen molar-refractivity contribution in [2.24, 2.45) is 0 Å². The van der Waals surface area contributed by atoms with Crippen LogP contribution in [0.15, 0.2) is 0 Å². The number of ether oxygens (including phenoxy) is 3. The Morgan fingerprint density at radius 2 is 2.21 bits per heavy atom. The molecular weight excluding hydrogens is 248 g/mol. The van der Waals surface area contributed by atoms with Crippen molar-refractivity contribution < 1.29 is 14.2 Å². The highest BCUT2D eigenvalue weighted by Gasteiger charge is 2.32. The highest BCUT2D eigenvalue weighted by atomic mass is 16.7. The van der Waals surface area contributed by atoms with Gasteiger partial charge in [0, 0.05) is 33.3 Å². The van der Waals surface area contributed by atoms with Gasteiger partial charge in [0.25, 0.3) is 0 Å². The summed E-state index contributed by atoms with van der Waals surface area (Å²) in [7, 11) is 3.30. The highest BCUT2D eigenvalue weighted by Crippen LogP contribution is 2.30. The van der Waals surface area contributed by atoms with E-state index in [2.05, 4.69) is 15.4 Å². The van der Waals surface area contributed by atoms with Gasteiger partial charge in [0.15, 0.2) is 12.1 Å². The molecule has 0 radical (unpaired) electrons. The van der Waals surface area contributed by atoms with Gasteiger partial charge in [0.1, 0.15) is 6.04 Å². The Kier molecular flexibility index (Phi) is 3.67. The lowest BCUT2D eigenvalue weighted by atomic mass is 10.1. The van der Waals surface area contributed by atoms with Crippen LogP contribution in [0, 0.1) is 0 Å². The minimum atomic E-state index is -0.296. The first kappa shape index (κ1) is 12.8. The zero-order valence-corrected chi connectivity index (χ0v) is 11.3. The normalized spacial score (nSPS) is 26.5. The Bertz CT molecular complexity index is 427. The molecule has 0 saturated carbocycles. The molecule has 1 N–H and O–H groups in total. The molecule has 1 aromatic heterocycles. The SMILES string of the molecule is COC(OC)C1CCNc2nc(C3CCOC3)nn21. The van der Waals surface area contributed by atoms with Crippen molar-refractivity contribution in [2.75, 3.05) is 39.3 Å². The standard InChI is InChI=1S/C12H20N4O3/c1-17-11(18-2)9-3-5-13-12-14-10(15-16(9)12)8-4-6-19-7-8/h8-9,11H,3-7H2,1-2H3,(H,13,14,15). The van der Waals surface area contributed by atoms with Gasteiger partial charge in [0.05, 0.1) is 6.61 Å². The van der Waals surface area contributed by atoms with Crippen LogP contribution in [0.4, 0.5) is 5.95 Å². The Morgan fingerprint density at radius 3 is 2.89 bits per heavy atom. The van der Waals surface area contributed by atoms with Crippen LogP contribution in [0.3, 0.4) is 0 Å². The fraction of sp³-hybridized carbons (Fsp3) is 0.833. The number of rotatable bonds is 4. The zero-order valence-electron chi connectivity index (χ0n) is 11.3. The van der Waals surface area contributed by atoms with Gasteiger partial charge in [-0.15, -0.1) is 0 Å². The molecule has 1 fully saturated rings. The Hall–Kier alpha value is -1.18. The quantitative estimate of drug-likeness (QED) is 0.813. The van der Waals surface area contributed by atoms with Gasteiger partial charge < -0.3 is 19.5 Å². The van der Waals surface area contributed by atoms with Crippen LogP contribution >= 0.6 is 0 Å². The van der Waals surface area contributed by atoms with E-state index in [0.717, 1.165) is 37.8 Å². The summed E-state index contributed by atoms with van der Waals surface area (Å²) in [5.41, 5.74) is 0. The Morgan fingerprint density at radius 1 is 1.37 bits per heavy atom. The molecule has 7 nitrogen and oxygen atoms in total. The summed E-state index contributed by atoms with van der Waals surface area (Å²) in [4.78, 5) is 4.58. The number of aromatic nitrogens is 3. The number of methoxy groups -OCH3 is 2. The van der Waals surface area contributed by atoms with Crippen molar-refractivity contribution in [3.8, 4) is 0 Å². The van der Waals surface area contributed by atoms with E-state index in [1.54, 1.807) is 14.2 Å². The average Bonchev–Trinajstić information content (AvgIpc) is 3.09. The van der Waals surface area contributed by atoms with Crippen molar-refractivity contribution >= 4 is 5.95 Å². The van der Waals surface area contributed by atoms with Crippen LogP contribution in [0.5, 0.6) is 0 Å². The number of hydrogen-bond acceptors (Lipinski definition) is 6. The molecule has 2 atom stereocenters. The molecule has 1 saturated heterocycles. The molecule has 2 aliphatic heterocycles. The predicted octanol–water partition coefficient (Wildman–Crippen LogP) is 0.758. The summed E-state index contributed by atoms with van der Waals surface area (Å²) in [6.07, 6.45) is 1.60. The number of hydrogen-bond donors (Lipinski definition) is 1. The van der Waals surface area contributed by atoms with E-state index in [1.807, 2.05) is 4.68 Å². The molecule has 0 aliphatic carbocycles. The van der Waals surface area contributed by atoms with E-state index in [9.17, 15) is 0 Å². The number of anilines is 1. The second-order valence-corrected chi connectivity index (χ2v) is 4.92. The maximum atomic E-state index is 5.40. The topological polar surface area (TPSA) is 70.4 Å². The fourth-order valence-corrected chi connectivity index (χ4v) is 2.72. The van der Waals surface area contributed by atoms with E-state index < -0.39 is 0 Å². The molecule has 0 bridgehead atoms. The maximum absolute atomic E-state index is 5.40. The molecule has 2 unspecified atom stereocenters. The largest absolute Gasteiger partial charge is 0.381 e. The number of fused-ring (bicyclic) bond motifs is 1. The van der Waals surface area contributed by atoms with Gasteiger partial charge in [-0.1, -0.05) is 0 Å². The molecule has 1 aromatic rings. The molecule has 2 aliphatic rings. The summed E-state index contributed by atoms with van der Waals surface area (Å²) in [6.45, 7) is 2.36. The van der Waals surface area contributed by atoms with Crippen LogP contribution in [-0.4, -0.2) is 55.0 Å².